The van der Waals surface area contributed by atoms with Crippen LogP contribution < -0.4 is 5.32 Å². The largest absolute Gasteiger partial charge is 0.365 e. The highest BCUT2D eigenvalue weighted by Gasteiger charge is 2.17. The van der Waals surface area contributed by atoms with E-state index < -0.39 is 0 Å². The number of aromatic nitrogens is 2. The number of nitrogens with zero attached hydrogens (tertiary/aromatic N) is 2. The van der Waals surface area contributed by atoms with E-state index in [-0.39, 0.29) is 10.2 Å². The minimum atomic E-state index is 0.140. The quantitative estimate of drug-likeness (QED) is 0.883. The first-order valence-electron chi connectivity index (χ1n) is 5.32. The summed E-state index contributed by atoms with van der Waals surface area (Å²) in [5.74, 6) is 0.531. The fourth-order valence-corrected chi connectivity index (χ4v) is 2.40. The van der Waals surface area contributed by atoms with E-state index in [0.717, 1.165) is 12.8 Å². The van der Waals surface area contributed by atoms with E-state index in [0.29, 0.717) is 16.9 Å². The third-order valence-electron chi connectivity index (χ3n) is 2.77. The number of hydrogen-bond donors (Lipinski definition) is 1. The molecule has 2 rings (SSSR count). The van der Waals surface area contributed by atoms with Crippen LogP contribution in [0.2, 0.25) is 15.2 Å². The molecule has 0 unspecified atom stereocenters. The summed E-state index contributed by atoms with van der Waals surface area (Å²) in [6.45, 7) is 0. The van der Waals surface area contributed by atoms with Crippen LogP contribution in [-0.4, -0.2) is 16.2 Å². The van der Waals surface area contributed by atoms with Crippen molar-refractivity contribution in [1.82, 2.24) is 10.2 Å². The highest BCUT2D eigenvalue weighted by Crippen LogP contribution is 2.33. The van der Waals surface area contributed by atoms with Gasteiger partial charge in [0, 0.05) is 6.04 Å². The van der Waals surface area contributed by atoms with Gasteiger partial charge in [0.25, 0.3) is 0 Å². The Morgan fingerprint density at radius 3 is 2.31 bits per heavy atom. The van der Waals surface area contributed by atoms with Gasteiger partial charge in [-0.15, -0.1) is 10.2 Å². The van der Waals surface area contributed by atoms with E-state index in [9.17, 15) is 0 Å². The molecule has 1 aromatic heterocycles. The molecule has 16 heavy (non-hydrogen) atoms. The Hall–Kier alpha value is -0.250. The molecule has 0 bridgehead atoms. The van der Waals surface area contributed by atoms with Crippen molar-refractivity contribution < 1.29 is 0 Å². The lowest BCUT2D eigenvalue weighted by Gasteiger charge is -2.23. The lowest BCUT2D eigenvalue weighted by molar-refractivity contribution is 0.461. The maximum Gasteiger partial charge on any atom is 0.171 e. The van der Waals surface area contributed by atoms with Gasteiger partial charge in [-0.05, 0) is 12.8 Å². The molecule has 1 fully saturated rings. The standard InChI is InChI=1S/C10H12Cl3N3/c11-7-8(12)10(16-15-9(7)13)14-6-4-2-1-3-5-6/h6H,1-5H2,(H,14,16). The summed E-state index contributed by atoms with van der Waals surface area (Å²) in [6, 6.07) is 0.415. The Morgan fingerprint density at radius 2 is 1.62 bits per heavy atom. The first kappa shape index (κ1) is 12.2. The van der Waals surface area contributed by atoms with Crippen LogP contribution in [-0.2, 0) is 0 Å². The maximum atomic E-state index is 6.04. The minimum Gasteiger partial charge on any atom is -0.365 e. The molecule has 1 aliphatic rings. The molecule has 6 heteroatoms. The average Bonchev–Trinajstić information content (AvgIpc) is 2.31. The summed E-state index contributed by atoms with van der Waals surface area (Å²) in [6.07, 6.45) is 6.06. The van der Waals surface area contributed by atoms with E-state index in [1.165, 1.54) is 19.3 Å². The van der Waals surface area contributed by atoms with Crippen molar-refractivity contribution in [2.75, 3.05) is 5.32 Å². The van der Waals surface area contributed by atoms with Gasteiger partial charge in [0.2, 0.25) is 0 Å². The topological polar surface area (TPSA) is 37.8 Å². The molecular formula is C10H12Cl3N3. The van der Waals surface area contributed by atoms with Crippen molar-refractivity contribution in [3.63, 3.8) is 0 Å². The van der Waals surface area contributed by atoms with Crippen LogP contribution in [0.5, 0.6) is 0 Å². The number of rotatable bonds is 2. The monoisotopic (exact) mass is 279 g/mol. The second-order valence-electron chi connectivity index (χ2n) is 3.95. The van der Waals surface area contributed by atoms with Crippen LogP contribution >= 0.6 is 34.8 Å². The molecule has 0 atom stereocenters. The van der Waals surface area contributed by atoms with Crippen LogP contribution in [0.25, 0.3) is 0 Å². The van der Waals surface area contributed by atoms with E-state index in [1.54, 1.807) is 0 Å². The zero-order valence-electron chi connectivity index (χ0n) is 8.64. The molecule has 0 amide bonds. The van der Waals surface area contributed by atoms with Gasteiger partial charge < -0.3 is 5.32 Å². The van der Waals surface area contributed by atoms with Gasteiger partial charge in [-0.2, -0.15) is 0 Å². The first-order chi connectivity index (χ1) is 7.68. The van der Waals surface area contributed by atoms with Crippen molar-refractivity contribution in [3.05, 3.63) is 15.2 Å². The van der Waals surface area contributed by atoms with Crippen LogP contribution in [0.4, 0.5) is 5.82 Å². The summed E-state index contributed by atoms with van der Waals surface area (Å²) in [4.78, 5) is 0. The average molecular weight is 281 g/mol. The first-order valence-corrected chi connectivity index (χ1v) is 6.45. The van der Waals surface area contributed by atoms with Gasteiger partial charge in [0.1, 0.15) is 10.0 Å². The zero-order chi connectivity index (χ0) is 11.5. The highest BCUT2D eigenvalue weighted by molar-refractivity contribution is 6.48. The molecule has 3 nitrogen and oxygen atoms in total. The number of hydrogen-bond acceptors (Lipinski definition) is 3. The molecule has 88 valence electrons. The van der Waals surface area contributed by atoms with Gasteiger partial charge in [-0.25, -0.2) is 0 Å². The van der Waals surface area contributed by atoms with Crippen LogP contribution in [0, 0.1) is 0 Å². The summed E-state index contributed by atoms with van der Waals surface area (Å²) in [5, 5.41) is 11.7. The van der Waals surface area contributed by atoms with Crippen molar-refractivity contribution >= 4 is 40.6 Å². The fraction of sp³-hybridized carbons (Fsp3) is 0.600. The smallest absolute Gasteiger partial charge is 0.171 e. The minimum absolute atomic E-state index is 0.140. The van der Waals surface area contributed by atoms with Crippen LogP contribution in [0.15, 0.2) is 0 Å². The van der Waals surface area contributed by atoms with Crippen LogP contribution in [0.3, 0.4) is 0 Å². The zero-order valence-corrected chi connectivity index (χ0v) is 10.9. The molecular weight excluding hydrogens is 268 g/mol. The predicted molar refractivity (Wildman–Crippen MR) is 67.6 cm³/mol. The molecule has 0 spiro atoms. The Bertz CT molecular complexity index is 378. The fourth-order valence-electron chi connectivity index (χ4n) is 1.91. The van der Waals surface area contributed by atoms with Crippen molar-refractivity contribution in [2.45, 2.75) is 38.1 Å². The normalized spacial score (nSPS) is 17.4. The van der Waals surface area contributed by atoms with Gasteiger partial charge in [-0.1, -0.05) is 54.1 Å². The van der Waals surface area contributed by atoms with Crippen molar-refractivity contribution in [2.24, 2.45) is 0 Å². The van der Waals surface area contributed by atoms with Crippen LogP contribution in [0.1, 0.15) is 32.1 Å². The highest BCUT2D eigenvalue weighted by atomic mass is 35.5. The summed E-state index contributed by atoms with van der Waals surface area (Å²) < 4.78 is 0. The van der Waals surface area contributed by atoms with Gasteiger partial charge in [0.15, 0.2) is 11.0 Å². The lowest BCUT2D eigenvalue weighted by atomic mass is 9.95. The molecule has 0 aromatic carbocycles. The molecule has 1 heterocycles. The molecule has 0 radical (unpaired) electrons. The molecule has 0 saturated heterocycles. The Morgan fingerprint density at radius 1 is 0.938 bits per heavy atom. The molecule has 1 N–H and O–H groups in total. The van der Waals surface area contributed by atoms with Gasteiger partial charge >= 0.3 is 0 Å². The number of halogens is 3. The number of nitrogens with one attached hydrogen (secondary N) is 1. The molecule has 0 aliphatic heterocycles. The van der Waals surface area contributed by atoms with E-state index in [2.05, 4.69) is 15.5 Å². The third kappa shape index (κ3) is 2.70. The van der Waals surface area contributed by atoms with Crippen molar-refractivity contribution in [3.8, 4) is 0 Å². The summed E-state index contributed by atoms with van der Waals surface area (Å²) in [7, 11) is 0. The van der Waals surface area contributed by atoms with Gasteiger partial charge in [-0.3, -0.25) is 0 Å². The maximum absolute atomic E-state index is 6.04. The molecule has 1 saturated carbocycles. The SMILES string of the molecule is Clc1nnc(NC2CCCCC2)c(Cl)c1Cl. The summed E-state index contributed by atoms with van der Waals surface area (Å²) >= 11 is 17.6. The number of anilines is 1. The van der Waals surface area contributed by atoms with Crippen molar-refractivity contribution in [1.29, 1.82) is 0 Å². The van der Waals surface area contributed by atoms with Gasteiger partial charge in [0.05, 0.1) is 0 Å². The van der Waals surface area contributed by atoms with E-state index >= 15 is 0 Å². The second-order valence-corrected chi connectivity index (χ2v) is 5.06. The molecule has 1 aliphatic carbocycles. The lowest BCUT2D eigenvalue weighted by Crippen LogP contribution is -2.23. The molecule has 1 aromatic rings. The Labute approximate surface area is 109 Å². The Kier molecular flexibility index (Phi) is 4.11. The third-order valence-corrected chi connectivity index (χ3v) is 3.96. The second kappa shape index (κ2) is 5.39. The van der Waals surface area contributed by atoms with E-state index in [1.807, 2.05) is 0 Å². The van der Waals surface area contributed by atoms with E-state index in [4.69, 9.17) is 34.8 Å². The Balaban J connectivity index is 2.11. The summed E-state index contributed by atoms with van der Waals surface area (Å²) in [5.41, 5.74) is 0. The predicted octanol–water partition coefficient (Wildman–Crippen LogP) is 4.18.